The Balaban J connectivity index is 1.69. The smallest absolute Gasteiger partial charge is 0.271 e. The van der Waals surface area contributed by atoms with Gasteiger partial charge < -0.3 is 0 Å². The lowest BCUT2D eigenvalue weighted by Gasteiger charge is -2.01. The summed E-state index contributed by atoms with van der Waals surface area (Å²) in [6, 6.07) is 12.4. The number of nitrogens with zero attached hydrogens (tertiary/aromatic N) is 3. The van der Waals surface area contributed by atoms with Crippen LogP contribution in [0.3, 0.4) is 0 Å². The van der Waals surface area contributed by atoms with Gasteiger partial charge in [-0.1, -0.05) is 23.7 Å². The third-order valence-corrected chi connectivity index (χ3v) is 3.76. The molecular weight excluding hydrogens is 358 g/mol. The predicted molar refractivity (Wildman–Crippen MR) is 97.2 cm³/mol. The van der Waals surface area contributed by atoms with Crippen molar-refractivity contribution in [3.8, 4) is 11.3 Å². The normalized spacial score (nSPS) is 10.8. The molecule has 3 rings (SSSR count). The molecule has 8 nitrogen and oxygen atoms in total. The molecule has 0 aliphatic carbocycles. The summed E-state index contributed by atoms with van der Waals surface area (Å²) in [6.07, 6.45) is 3.03. The Kier molecular flexibility index (Phi) is 5.04. The molecule has 1 aromatic heterocycles. The van der Waals surface area contributed by atoms with Crippen LogP contribution in [-0.4, -0.2) is 27.2 Å². The number of rotatable bonds is 5. The van der Waals surface area contributed by atoms with Crippen molar-refractivity contribution in [2.45, 2.75) is 0 Å². The number of hydrogen-bond acceptors (Lipinski definition) is 5. The zero-order valence-corrected chi connectivity index (χ0v) is 14.0. The van der Waals surface area contributed by atoms with Crippen LogP contribution in [0.1, 0.15) is 15.9 Å². The fraction of sp³-hybridized carbons (Fsp3) is 0. The molecule has 26 heavy (non-hydrogen) atoms. The molecule has 0 radical (unpaired) electrons. The summed E-state index contributed by atoms with van der Waals surface area (Å²) in [7, 11) is 0. The number of nitro benzene ring substituents is 1. The van der Waals surface area contributed by atoms with E-state index in [9.17, 15) is 14.9 Å². The lowest BCUT2D eigenvalue weighted by atomic mass is 10.1. The number of nitro groups is 1. The molecule has 0 fully saturated rings. The molecule has 1 heterocycles. The summed E-state index contributed by atoms with van der Waals surface area (Å²) >= 11 is 5.88. The summed E-state index contributed by atoms with van der Waals surface area (Å²) in [5, 5.41) is 22.0. The molecule has 3 aromatic rings. The molecule has 2 N–H and O–H groups in total. The van der Waals surface area contributed by atoms with Crippen molar-refractivity contribution >= 4 is 29.4 Å². The van der Waals surface area contributed by atoms with Crippen molar-refractivity contribution in [1.29, 1.82) is 0 Å². The van der Waals surface area contributed by atoms with Gasteiger partial charge in [0, 0.05) is 33.8 Å². The highest BCUT2D eigenvalue weighted by Crippen LogP contribution is 2.21. The highest BCUT2D eigenvalue weighted by atomic mass is 35.5. The summed E-state index contributed by atoms with van der Waals surface area (Å²) < 4.78 is 0. The lowest BCUT2D eigenvalue weighted by Crippen LogP contribution is -2.17. The Morgan fingerprint density at radius 3 is 2.54 bits per heavy atom. The molecule has 0 atom stereocenters. The number of carbonyl (C=O) groups excluding carboxylic acids is 1. The molecule has 0 spiro atoms. The maximum absolute atomic E-state index is 12.0. The van der Waals surface area contributed by atoms with Crippen LogP contribution in [0.5, 0.6) is 0 Å². The number of hydrazone groups is 1. The largest absolute Gasteiger partial charge is 0.277 e. The van der Waals surface area contributed by atoms with E-state index >= 15 is 0 Å². The predicted octanol–water partition coefficient (Wildman–Crippen LogP) is 3.40. The minimum Gasteiger partial charge on any atom is -0.277 e. The molecule has 0 aliphatic heterocycles. The molecule has 130 valence electrons. The minimum absolute atomic E-state index is 0.0870. The van der Waals surface area contributed by atoms with Crippen molar-refractivity contribution < 1.29 is 9.72 Å². The van der Waals surface area contributed by atoms with Gasteiger partial charge in [0.25, 0.3) is 11.6 Å². The summed E-state index contributed by atoms with van der Waals surface area (Å²) in [4.78, 5) is 22.1. The molecule has 0 bridgehead atoms. The number of nitrogens with one attached hydrogen (secondary N) is 2. The number of halogens is 1. The van der Waals surface area contributed by atoms with Crippen molar-refractivity contribution in [1.82, 2.24) is 15.6 Å². The SMILES string of the molecule is O=C(N/N=C/c1cn[nH]c1-c1ccc(Cl)cc1)c1ccc([N+](=O)[O-])cc1. The number of benzene rings is 2. The van der Waals surface area contributed by atoms with Gasteiger partial charge in [0.1, 0.15) is 0 Å². The van der Waals surface area contributed by atoms with Crippen LogP contribution in [0.2, 0.25) is 5.02 Å². The lowest BCUT2D eigenvalue weighted by molar-refractivity contribution is -0.384. The van der Waals surface area contributed by atoms with Crippen LogP contribution in [0, 0.1) is 10.1 Å². The number of aromatic amines is 1. The first-order valence-electron chi connectivity index (χ1n) is 7.42. The summed E-state index contributed by atoms with van der Waals surface area (Å²) in [5.41, 5.74) is 4.83. The van der Waals surface area contributed by atoms with Gasteiger partial charge in [0.15, 0.2) is 0 Å². The van der Waals surface area contributed by atoms with Crippen LogP contribution < -0.4 is 5.43 Å². The monoisotopic (exact) mass is 369 g/mol. The fourth-order valence-electron chi connectivity index (χ4n) is 2.20. The van der Waals surface area contributed by atoms with Gasteiger partial charge in [-0.25, -0.2) is 5.43 Å². The van der Waals surface area contributed by atoms with Crippen LogP contribution in [-0.2, 0) is 0 Å². The molecule has 0 saturated carbocycles. The summed E-state index contributed by atoms with van der Waals surface area (Å²) in [5.74, 6) is -0.479. The van der Waals surface area contributed by atoms with Crippen LogP contribution in [0.4, 0.5) is 5.69 Å². The van der Waals surface area contributed by atoms with E-state index in [2.05, 4.69) is 20.7 Å². The number of hydrogen-bond donors (Lipinski definition) is 2. The standard InChI is InChI=1S/C17H12ClN5O3/c18-14-5-1-11(2-6-14)16-13(9-19-21-16)10-20-22-17(24)12-3-7-15(8-4-12)23(25)26/h1-10H,(H,19,21)(H,22,24)/b20-10+. The van der Waals surface area contributed by atoms with Crippen molar-refractivity contribution in [2.75, 3.05) is 0 Å². The molecule has 2 aromatic carbocycles. The van der Waals surface area contributed by atoms with E-state index in [0.717, 1.165) is 11.3 Å². The van der Waals surface area contributed by atoms with Crippen LogP contribution in [0.15, 0.2) is 59.8 Å². The first-order chi connectivity index (χ1) is 12.5. The van der Waals surface area contributed by atoms with Gasteiger partial charge in [-0.2, -0.15) is 10.2 Å². The number of carbonyl (C=O) groups is 1. The maximum Gasteiger partial charge on any atom is 0.271 e. The van der Waals surface area contributed by atoms with Crippen molar-refractivity contribution in [3.05, 3.63) is 81.0 Å². The van der Waals surface area contributed by atoms with Gasteiger partial charge in [-0.15, -0.1) is 0 Å². The quantitative estimate of drug-likeness (QED) is 0.407. The Bertz CT molecular complexity index is 965. The number of aromatic nitrogens is 2. The van der Waals surface area contributed by atoms with E-state index in [1.807, 2.05) is 12.1 Å². The number of non-ortho nitro benzene ring substituents is 1. The van der Waals surface area contributed by atoms with E-state index in [1.165, 1.54) is 30.5 Å². The number of amides is 1. The average Bonchev–Trinajstić information content (AvgIpc) is 3.11. The molecular formula is C17H12ClN5O3. The second-order valence-electron chi connectivity index (χ2n) is 5.21. The average molecular weight is 370 g/mol. The first-order valence-corrected chi connectivity index (χ1v) is 7.79. The topological polar surface area (TPSA) is 113 Å². The van der Waals surface area contributed by atoms with Gasteiger partial charge in [0.2, 0.25) is 0 Å². The van der Waals surface area contributed by atoms with Crippen molar-refractivity contribution in [3.63, 3.8) is 0 Å². The van der Waals surface area contributed by atoms with Crippen molar-refractivity contribution in [2.24, 2.45) is 5.10 Å². The van der Waals surface area contributed by atoms with Gasteiger partial charge in [0.05, 0.1) is 23.0 Å². The summed E-state index contributed by atoms with van der Waals surface area (Å²) in [6.45, 7) is 0. The molecule has 1 amide bonds. The Labute approximate surface area is 152 Å². The second-order valence-corrected chi connectivity index (χ2v) is 5.65. The van der Waals surface area contributed by atoms with Crippen LogP contribution in [0.25, 0.3) is 11.3 Å². The van der Waals surface area contributed by atoms with Crippen LogP contribution >= 0.6 is 11.6 Å². The Hall–Kier alpha value is -3.52. The van der Waals surface area contributed by atoms with E-state index < -0.39 is 10.8 Å². The minimum atomic E-state index is -0.531. The van der Waals surface area contributed by atoms with E-state index in [-0.39, 0.29) is 11.3 Å². The van der Waals surface area contributed by atoms with Gasteiger partial charge in [-0.05, 0) is 24.3 Å². The first kappa shape index (κ1) is 17.3. The van der Waals surface area contributed by atoms with E-state index in [0.29, 0.717) is 10.6 Å². The highest BCUT2D eigenvalue weighted by molar-refractivity contribution is 6.30. The molecule has 0 unspecified atom stereocenters. The molecule has 0 saturated heterocycles. The fourth-order valence-corrected chi connectivity index (χ4v) is 2.33. The molecule has 9 heteroatoms. The molecule has 0 aliphatic rings. The third kappa shape index (κ3) is 3.93. The second kappa shape index (κ2) is 7.58. The van der Waals surface area contributed by atoms with E-state index in [4.69, 9.17) is 11.6 Å². The highest BCUT2D eigenvalue weighted by Gasteiger charge is 2.09. The maximum atomic E-state index is 12.0. The zero-order valence-electron chi connectivity index (χ0n) is 13.2. The third-order valence-electron chi connectivity index (χ3n) is 3.51. The van der Waals surface area contributed by atoms with E-state index in [1.54, 1.807) is 18.3 Å². The van der Waals surface area contributed by atoms with Gasteiger partial charge >= 0.3 is 0 Å². The van der Waals surface area contributed by atoms with Gasteiger partial charge in [-0.3, -0.25) is 20.0 Å². The zero-order chi connectivity index (χ0) is 18.5. The number of H-pyrrole nitrogens is 1. The Morgan fingerprint density at radius 1 is 1.19 bits per heavy atom. The Morgan fingerprint density at radius 2 is 1.88 bits per heavy atom.